The fraction of sp³-hybridized carbons (Fsp3) is 0.556. The molecule has 1 fully saturated rings. The molecule has 1 aromatic rings. The lowest BCUT2D eigenvalue weighted by Gasteiger charge is -2.40. The number of carboxylic acid groups (broad SMARTS) is 1. The van der Waals surface area contributed by atoms with E-state index >= 15 is 0 Å². The van der Waals surface area contributed by atoms with Crippen molar-refractivity contribution in [1.82, 2.24) is 9.55 Å². The van der Waals surface area contributed by atoms with Crippen LogP contribution in [0.1, 0.15) is 18.5 Å². The van der Waals surface area contributed by atoms with Crippen LogP contribution >= 0.6 is 0 Å². The molecule has 1 heterocycles. The Hall–Kier alpha value is -1.36. The normalized spacial score (nSPS) is 31.1. The van der Waals surface area contributed by atoms with Crippen molar-refractivity contribution >= 4 is 5.97 Å². The summed E-state index contributed by atoms with van der Waals surface area (Å²) in [6.07, 6.45) is 3.29. The van der Waals surface area contributed by atoms with E-state index in [0.29, 0.717) is 5.69 Å². The highest BCUT2D eigenvalue weighted by molar-refractivity contribution is 5.82. The third-order valence-corrected chi connectivity index (χ3v) is 2.77. The fourth-order valence-corrected chi connectivity index (χ4v) is 1.90. The molecule has 14 heavy (non-hydrogen) atoms. The van der Waals surface area contributed by atoms with Crippen LogP contribution in [0.3, 0.4) is 0 Å². The predicted octanol–water partition coefficient (Wildman–Crippen LogP) is -0.103. The highest BCUT2D eigenvalue weighted by Gasteiger charge is 2.52. The van der Waals surface area contributed by atoms with E-state index < -0.39 is 17.5 Å². The number of carbonyl (C=O) groups is 1. The zero-order valence-electron chi connectivity index (χ0n) is 7.84. The molecule has 76 valence electrons. The number of carboxylic acids is 1. The monoisotopic (exact) mass is 196 g/mol. The van der Waals surface area contributed by atoms with Crippen LogP contribution in [0.5, 0.6) is 0 Å². The van der Waals surface area contributed by atoms with E-state index in [1.54, 1.807) is 24.1 Å². The van der Waals surface area contributed by atoms with Crippen molar-refractivity contribution in [3.63, 3.8) is 0 Å². The summed E-state index contributed by atoms with van der Waals surface area (Å²) >= 11 is 0. The first-order valence-electron chi connectivity index (χ1n) is 4.44. The quantitative estimate of drug-likeness (QED) is 0.692. The van der Waals surface area contributed by atoms with Gasteiger partial charge in [-0.3, -0.25) is 4.79 Å². The molecule has 0 bridgehead atoms. The van der Waals surface area contributed by atoms with Gasteiger partial charge in [0.2, 0.25) is 0 Å². The van der Waals surface area contributed by atoms with E-state index in [4.69, 9.17) is 5.11 Å². The number of aryl methyl sites for hydroxylation is 1. The van der Waals surface area contributed by atoms with Crippen molar-refractivity contribution in [3.8, 4) is 0 Å². The average Bonchev–Trinajstić information content (AvgIpc) is 2.45. The van der Waals surface area contributed by atoms with E-state index in [-0.39, 0.29) is 12.8 Å². The van der Waals surface area contributed by atoms with Crippen LogP contribution in [0.15, 0.2) is 12.5 Å². The minimum Gasteiger partial charge on any atom is -0.481 e. The second-order valence-electron chi connectivity index (χ2n) is 3.87. The van der Waals surface area contributed by atoms with Crippen LogP contribution in [-0.2, 0) is 17.3 Å². The number of aliphatic hydroxyl groups is 1. The Bertz CT molecular complexity index is 366. The summed E-state index contributed by atoms with van der Waals surface area (Å²) in [5, 5.41) is 18.3. The number of rotatable bonds is 2. The number of hydrogen-bond donors (Lipinski definition) is 2. The Morgan fingerprint density at radius 1 is 1.71 bits per heavy atom. The van der Waals surface area contributed by atoms with Crippen molar-refractivity contribution in [2.24, 2.45) is 7.05 Å². The smallest absolute Gasteiger partial charge is 0.316 e. The van der Waals surface area contributed by atoms with Crippen LogP contribution in [0.2, 0.25) is 0 Å². The van der Waals surface area contributed by atoms with Gasteiger partial charge < -0.3 is 14.8 Å². The van der Waals surface area contributed by atoms with Crippen molar-refractivity contribution < 1.29 is 15.0 Å². The van der Waals surface area contributed by atoms with Crippen LogP contribution in [-0.4, -0.2) is 31.8 Å². The number of imidazole rings is 1. The van der Waals surface area contributed by atoms with Gasteiger partial charge in [0.1, 0.15) is 5.41 Å². The first-order chi connectivity index (χ1) is 6.54. The lowest BCUT2D eigenvalue weighted by Crippen LogP contribution is -2.50. The lowest BCUT2D eigenvalue weighted by molar-refractivity contribution is -0.153. The topological polar surface area (TPSA) is 75.4 Å². The second kappa shape index (κ2) is 2.81. The molecule has 0 aromatic carbocycles. The fourth-order valence-electron chi connectivity index (χ4n) is 1.90. The van der Waals surface area contributed by atoms with Gasteiger partial charge in [-0.05, 0) is 12.8 Å². The predicted molar refractivity (Wildman–Crippen MR) is 47.8 cm³/mol. The number of aliphatic hydroxyl groups excluding tert-OH is 1. The molecule has 0 radical (unpaired) electrons. The van der Waals surface area contributed by atoms with Crippen LogP contribution in [0.25, 0.3) is 0 Å². The summed E-state index contributed by atoms with van der Waals surface area (Å²) in [6.45, 7) is 0. The molecule has 0 spiro atoms. The van der Waals surface area contributed by atoms with Gasteiger partial charge in [-0.15, -0.1) is 0 Å². The van der Waals surface area contributed by atoms with Crippen LogP contribution < -0.4 is 0 Å². The maximum atomic E-state index is 11.1. The molecule has 2 N–H and O–H groups in total. The van der Waals surface area contributed by atoms with Gasteiger partial charge in [0, 0.05) is 13.2 Å². The Kier molecular flexibility index (Phi) is 1.85. The zero-order valence-corrected chi connectivity index (χ0v) is 7.84. The number of aromatic nitrogens is 2. The molecule has 1 aliphatic carbocycles. The molecular weight excluding hydrogens is 184 g/mol. The van der Waals surface area contributed by atoms with Crippen molar-refractivity contribution in [3.05, 3.63) is 18.2 Å². The van der Waals surface area contributed by atoms with Crippen molar-refractivity contribution in [1.29, 1.82) is 0 Å². The van der Waals surface area contributed by atoms with E-state index in [1.165, 1.54) is 0 Å². The summed E-state index contributed by atoms with van der Waals surface area (Å²) in [4.78, 5) is 15.1. The molecular formula is C9H12N2O3. The first kappa shape index (κ1) is 9.21. The molecule has 1 aliphatic rings. The molecule has 5 heteroatoms. The van der Waals surface area contributed by atoms with Crippen LogP contribution in [0.4, 0.5) is 0 Å². The Labute approximate surface area is 81.0 Å². The third kappa shape index (κ3) is 1.13. The van der Waals surface area contributed by atoms with Crippen molar-refractivity contribution in [2.75, 3.05) is 0 Å². The van der Waals surface area contributed by atoms with Gasteiger partial charge in [-0.25, -0.2) is 4.98 Å². The van der Waals surface area contributed by atoms with Gasteiger partial charge >= 0.3 is 5.97 Å². The molecule has 0 amide bonds. The Morgan fingerprint density at radius 2 is 2.36 bits per heavy atom. The molecule has 2 rings (SSSR count). The Balaban J connectivity index is 2.34. The number of aliphatic carboxylic acids is 1. The summed E-state index contributed by atoms with van der Waals surface area (Å²) in [5.41, 5.74) is -0.418. The largest absolute Gasteiger partial charge is 0.481 e. The minimum absolute atomic E-state index is 0.263. The second-order valence-corrected chi connectivity index (χ2v) is 3.87. The van der Waals surface area contributed by atoms with Gasteiger partial charge in [0.15, 0.2) is 0 Å². The van der Waals surface area contributed by atoms with Gasteiger partial charge in [0.05, 0.1) is 18.1 Å². The van der Waals surface area contributed by atoms with Gasteiger partial charge in [-0.1, -0.05) is 0 Å². The van der Waals surface area contributed by atoms with E-state index in [1.807, 2.05) is 0 Å². The first-order valence-corrected chi connectivity index (χ1v) is 4.44. The van der Waals surface area contributed by atoms with Gasteiger partial charge in [-0.2, -0.15) is 0 Å². The maximum absolute atomic E-state index is 11.1. The van der Waals surface area contributed by atoms with E-state index in [9.17, 15) is 9.90 Å². The summed E-state index contributed by atoms with van der Waals surface area (Å²) in [7, 11) is 1.79. The Morgan fingerprint density at radius 3 is 2.71 bits per heavy atom. The maximum Gasteiger partial charge on any atom is 0.316 e. The average molecular weight is 196 g/mol. The zero-order chi connectivity index (χ0) is 10.3. The van der Waals surface area contributed by atoms with Crippen LogP contribution in [0, 0.1) is 0 Å². The number of hydrogen-bond acceptors (Lipinski definition) is 3. The van der Waals surface area contributed by atoms with Crippen molar-refractivity contribution in [2.45, 2.75) is 24.4 Å². The summed E-state index contributed by atoms with van der Waals surface area (Å²) < 4.78 is 1.71. The lowest BCUT2D eigenvalue weighted by atomic mass is 9.65. The van der Waals surface area contributed by atoms with E-state index in [0.717, 1.165) is 0 Å². The molecule has 5 nitrogen and oxygen atoms in total. The molecule has 1 saturated carbocycles. The van der Waals surface area contributed by atoms with Gasteiger partial charge in [0.25, 0.3) is 0 Å². The van der Waals surface area contributed by atoms with E-state index in [2.05, 4.69) is 4.98 Å². The molecule has 0 unspecified atom stereocenters. The minimum atomic E-state index is -0.958. The third-order valence-electron chi connectivity index (χ3n) is 2.77. The number of nitrogens with zero attached hydrogens (tertiary/aromatic N) is 2. The summed E-state index contributed by atoms with van der Waals surface area (Å²) in [6, 6.07) is 0. The summed E-state index contributed by atoms with van der Waals surface area (Å²) in [5.74, 6) is -0.901. The molecule has 1 aromatic heterocycles. The molecule has 0 saturated heterocycles. The highest BCUT2D eigenvalue weighted by Crippen LogP contribution is 2.43. The molecule has 0 atom stereocenters. The highest BCUT2D eigenvalue weighted by atomic mass is 16.4. The SMILES string of the molecule is Cn1cnc(C2(C(=O)O)CC(O)C2)c1. The molecule has 0 aliphatic heterocycles. The standard InChI is InChI=1S/C9H12N2O3/c1-11-4-7(10-5-11)9(8(13)14)2-6(12)3-9/h4-6,12H,2-3H2,1H3,(H,13,14).